The van der Waals surface area contributed by atoms with Gasteiger partial charge in [-0.25, -0.2) is 4.68 Å². The van der Waals surface area contributed by atoms with Crippen molar-refractivity contribution < 1.29 is 15.3 Å². The van der Waals surface area contributed by atoms with Crippen molar-refractivity contribution in [3.05, 3.63) is 65.7 Å². The van der Waals surface area contributed by atoms with Crippen LogP contribution in [0.2, 0.25) is 5.02 Å². The lowest BCUT2D eigenvalue weighted by atomic mass is 10.1. The molecule has 0 aliphatic heterocycles. The van der Waals surface area contributed by atoms with Gasteiger partial charge in [-0.1, -0.05) is 23.7 Å². The summed E-state index contributed by atoms with van der Waals surface area (Å²) in [6, 6.07) is 16.4. The second kappa shape index (κ2) is 5.72. The number of halogens is 1. The van der Waals surface area contributed by atoms with Crippen molar-refractivity contribution in [1.82, 2.24) is 9.78 Å². The molecule has 1 heterocycles. The predicted molar refractivity (Wildman–Crippen MR) is 96.5 cm³/mol. The lowest BCUT2D eigenvalue weighted by Crippen LogP contribution is -1.97. The van der Waals surface area contributed by atoms with Gasteiger partial charge in [-0.05, 0) is 36.4 Å². The number of rotatable bonds is 2. The molecular formula is C19H13ClN2O3. The largest absolute Gasteiger partial charge is 0.508 e. The summed E-state index contributed by atoms with van der Waals surface area (Å²) in [5.74, 6) is -0.0188. The lowest BCUT2D eigenvalue weighted by molar-refractivity contribution is 0.451. The highest BCUT2D eigenvalue weighted by Crippen LogP contribution is 2.38. The predicted octanol–water partition coefficient (Wildman–Crippen LogP) is 4.46. The molecule has 4 aromatic rings. The van der Waals surface area contributed by atoms with E-state index < -0.39 is 0 Å². The maximum atomic E-state index is 10.2. The third kappa shape index (κ3) is 2.55. The van der Waals surface area contributed by atoms with Gasteiger partial charge in [-0.15, -0.1) is 0 Å². The van der Waals surface area contributed by atoms with E-state index in [1.165, 1.54) is 12.1 Å². The third-order valence-electron chi connectivity index (χ3n) is 3.98. The molecule has 1 aromatic heterocycles. The van der Waals surface area contributed by atoms with Gasteiger partial charge < -0.3 is 15.3 Å². The molecule has 3 aromatic carbocycles. The smallest absolute Gasteiger partial charge is 0.128 e. The first-order valence-electron chi connectivity index (χ1n) is 7.53. The van der Waals surface area contributed by atoms with E-state index in [4.69, 9.17) is 11.6 Å². The Morgan fingerprint density at radius 1 is 0.840 bits per heavy atom. The molecule has 0 bridgehead atoms. The molecule has 0 radical (unpaired) electrons. The van der Waals surface area contributed by atoms with Crippen LogP contribution >= 0.6 is 11.6 Å². The number of phenols is 3. The molecule has 6 heteroatoms. The van der Waals surface area contributed by atoms with Crippen molar-refractivity contribution in [2.24, 2.45) is 0 Å². The van der Waals surface area contributed by atoms with Crippen molar-refractivity contribution in [3.8, 4) is 34.2 Å². The maximum absolute atomic E-state index is 10.2. The van der Waals surface area contributed by atoms with Gasteiger partial charge >= 0.3 is 0 Å². The Morgan fingerprint density at radius 2 is 1.56 bits per heavy atom. The minimum Gasteiger partial charge on any atom is -0.508 e. The SMILES string of the molecule is Oc1ccc(-c2nn(-c3ccccc3Cl)c3cc(O)ccc23)c(O)c1. The summed E-state index contributed by atoms with van der Waals surface area (Å²) in [7, 11) is 0. The molecule has 25 heavy (non-hydrogen) atoms. The summed E-state index contributed by atoms with van der Waals surface area (Å²) in [5.41, 5.74) is 2.30. The number of benzene rings is 3. The fraction of sp³-hybridized carbons (Fsp3) is 0. The minimum atomic E-state index is -0.0845. The Bertz CT molecular complexity index is 1110. The first kappa shape index (κ1) is 15.4. The zero-order valence-corrected chi connectivity index (χ0v) is 13.6. The summed E-state index contributed by atoms with van der Waals surface area (Å²) in [6.45, 7) is 0. The summed E-state index contributed by atoms with van der Waals surface area (Å²) < 4.78 is 1.62. The molecule has 3 N–H and O–H groups in total. The van der Waals surface area contributed by atoms with Crippen molar-refractivity contribution in [2.45, 2.75) is 0 Å². The Labute approximate surface area is 148 Å². The van der Waals surface area contributed by atoms with Crippen molar-refractivity contribution >= 4 is 22.5 Å². The number of para-hydroxylation sites is 1. The van der Waals surface area contributed by atoms with Gasteiger partial charge in [0.2, 0.25) is 0 Å². The van der Waals surface area contributed by atoms with Gasteiger partial charge in [0, 0.05) is 23.1 Å². The van der Waals surface area contributed by atoms with E-state index >= 15 is 0 Å². The molecule has 0 atom stereocenters. The number of hydrogen-bond donors (Lipinski definition) is 3. The van der Waals surface area contributed by atoms with Gasteiger partial charge in [-0.2, -0.15) is 5.10 Å². The molecular weight excluding hydrogens is 340 g/mol. The quantitative estimate of drug-likeness (QED) is 0.497. The van der Waals surface area contributed by atoms with Crippen LogP contribution < -0.4 is 0 Å². The highest BCUT2D eigenvalue weighted by Gasteiger charge is 2.18. The summed E-state index contributed by atoms with van der Waals surface area (Å²) in [4.78, 5) is 0. The highest BCUT2D eigenvalue weighted by atomic mass is 35.5. The average molecular weight is 353 g/mol. The second-order valence-corrected chi connectivity index (χ2v) is 6.02. The van der Waals surface area contributed by atoms with E-state index in [1.54, 1.807) is 35.0 Å². The van der Waals surface area contributed by atoms with E-state index in [0.29, 0.717) is 27.5 Å². The number of aromatic hydroxyl groups is 3. The standard InChI is InChI=1S/C19H13ClN2O3/c20-15-3-1-2-4-16(15)22-17-9-11(23)5-7-13(17)19(21-22)14-8-6-12(24)10-18(14)25/h1-10,23-25H. The Morgan fingerprint density at radius 3 is 2.32 bits per heavy atom. The molecule has 4 rings (SSSR count). The highest BCUT2D eigenvalue weighted by molar-refractivity contribution is 6.32. The van der Waals surface area contributed by atoms with Gasteiger partial charge in [0.25, 0.3) is 0 Å². The van der Waals surface area contributed by atoms with Crippen molar-refractivity contribution in [2.75, 3.05) is 0 Å². The van der Waals surface area contributed by atoms with Crippen LogP contribution in [0.1, 0.15) is 0 Å². The summed E-state index contributed by atoms with van der Waals surface area (Å²) in [6.07, 6.45) is 0. The van der Waals surface area contributed by atoms with E-state index in [9.17, 15) is 15.3 Å². The molecule has 0 aliphatic carbocycles. The normalized spacial score (nSPS) is 11.1. The first-order valence-corrected chi connectivity index (χ1v) is 7.91. The van der Waals surface area contributed by atoms with Gasteiger partial charge in [-0.3, -0.25) is 0 Å². The number of fused-ring (bicyclic) bond motifs is 1. The zero-order chi connectivity index (χ0) is 17.6. The number of nitrogens with zero attached hydrogens (tertiary/aromatic N) is 2. The first-order chi connectivity index (χ1) is 12.0. The van der Waals surface area contributed by atoms with Crippen LogP contribution in [0, 0.1) is 0 Å². The fourth-order valence-electron chi connectivity index (χ4n) is 2.83. The molecule has 5 nitrogen and oxygen atoms in total. The van der Waals surface area contributed by atoms with Crippen LogP contribution in [0.4, 0.5) is 0 Å². The molecule has 0 fully saturated rings. The zero-order valence-electron chi connectivity index (χ0n) is 12.9. The molecule has 0 saturated heterocycles. The van der Waals surface area contributed by atoms with Gasteiger partial charge in [0.05, 0.1) is 16.2 Å². The molecule has 0 saturated carbocycles. The Hall–Kier alpha value is -3.18. The molecule has 0 amide bonds. The van der Waals surface area contributed by atoms with Gasteiger partial charge in [0.15, 0.2) is 0 Å². The van der Waals surface area contributed by atoms with Crippen LogP contribution in [-0.2, 0) is 0 Å². The lowest BCUT2D eigenvalue weighted by Gasteiger charge is -2.05. The van der Waals surface area contributed by atoms with E-state index in [2.05, 4.69) is 5.10 Å². The topological polar surface area (TPSA) is 78.5 Å². The number of aromatic nitrogens is 2. The Balaban J connectivity index is 2.06. The average Bonchev–Trinajstić information content (AvgIpc) is 2.93. The number of hydrogen-bond acceptors (Lipinski definition) is 4. The van der Waals surface area contributed by atoms with Crippen molar-refractivity contribution in [3.63, 3.8) is 0 Å². The van der Waals surface area contributed by atoms with Gasteiger partial charge in [0.1, 0.15) is 22.9 Å². The molecule has 0 unspecified atom stereocenters. The summed E-state index contributed by atoms with van der Waals surface area (Å²) in [5, 5.41) is 35.5. The van der Waals surface area contributed by atoms with Crippen LogP contribution in [0.15, 0.2) is 60.7 Å². The molecule has 0 spiro atoms. The number of phenolic OH excluding ortho intramolecular Hbond substituents is 3. The molecule has 124 valence electrons. The van der Waals surface area contributed by atoms with Crippen LogP contribution in [0.25, 0.3) is 27.8 Å². The van der Waals surface area contributed by atoms with E-state index in [0.717, 1.165) is 5.39 Å². The fourth-order valence-corrected chi connectivity index (χ4v) is 3.05. The monoisotopic (exact) mass is 352 g/mol. The van der Waals surface area contributed by atoms with E-state index in [1.807, 2.05) is 18.2 Å². The van der Waals surface area contributed by atoms with Crippen LogP contribution in [0.3, 0.4) is 0 Å². The third-order valence-corrected chi connectivity index (χ3v) is 4.30. The summed E-state index contributed by atoms with van der Waals surface area (Å²) >= 11 is 6.30. The second-order valence-electron chi connectivity index (χ2n) is 5.61. The van der Waals surface area contributed by atoms with Crippen LogP contribution in [0.5, 0.6) is 17.2 Å². The Kier molecular flexibility index (Phi) is 3.51. The van der Waals surface area contributed by atoms with Crippen molar-refractivity contribution in [1.29, 1.82) is 0 Å². The molecule has 0 aliphatic rings. The minimum absolute atomic E-state index is 0.0336. The van der Waals surface area contributed by atoms with Crippen LogP contribution in [-0.4, -0.2) is 25.1 Å². The maximum Gasteiger partial charge on any atom is 0.128 e. The van der Waals surface area contributed by atoms with E-state index in [-0.39, 0.29) is 17.2 Å².